The Balaban J connectivity index is 1.67. The van der Waals surface area contributed by atoms with E-state index >= 15 is 0 Å². The number of carbonyl (C=O) groups is 2. The molecule has 0 atom stereocenters. The summed E-state index contributed by atoms with van der Waals surface area (Å²) in [5, 5.41) is 3.57. The van der Waals surface area contributed by atoms with Crippen molar-refractivity contribution in [3.63, 3.8) is 0 Å². The van der Waals surface area contributed by atoms with E-state index in [2.05, 4.69) is 33.0 Å². The van der Waals surface area contributed by atoms with Gasteiger partial charge in [-0.25, -0.2) is 0 Å². The topological polar surface area (TPSA) is 62.6 Å². The Bertz CT molecular complexity index is 877. The lowest BCUT2D eigenvalue weighted by atomic mass is 9.65. The summed E-state index contributed by atoms with van der Waals surface area (Å²) < 4.78 is 5.18. The maximum absolute atomic E-state index is 13.4. The van der Waals surface area contributed by atoms with Crippen molar-refractivity contribution in [1.29, 1.82) is 0 Å². The molecule has 0 unspecified atom stereocenters. The molecule has 26 heavy (non-hydrogen) atoms. The van der Waals surface area contributed by atoms with Gasteiger partial charge in [-0.05, 0) is 50.8 Å². The molecule has 138 valence electrons. The Labute approximate surface area is 157 Å². The van der Waals surface area contributed by atoms with Crippen molar-refractivity contribution in [1.82, 2.24) is 4.90 Å². The largest absolute Gasteiger partial charge is 0.459 e. The van der Waals surface area contributed by atoms with Crippen molar-refractivity contribution < 1.29 is 14.0 Å². The number of rotatable bonds is 3. The predicted molar refractivity (Wildman–Crippen MR) is 102 cm³/mol. The highest BCUT2D eigenvalue weighted by molar-refractivity contribution is 7.17. The minimum absolute atomic E-state index is 0.0310. The minimum atomic E-state index is -0.313. The van der Waals surface area contributed by atoms with Crippen LogP contribution in [0.15, 0.2) is 22.8 Å². The van der Waals surface area contributed by atoms with Crippen LogP contribution in [-0.4, -0.2) is 28.8 Å². The number of nitrogens with one attached hydrogen (secondary N) is 1. The van der Waals surface area contributed by atoms with Crippen LogP contribution in [0.3, 0.4) is 0 Å². The second-order valence-electron chi connectivity index (χ2n) is 8.33. The molecular weight excluding hydrogens is 348 g/mol. The molecule has 4 rings (SSSR count). The van der Waals surface area contributed by atoms with Crippen LogP contribution < -0.4 is 5.32 Å². The van der Waals surface area contributed by atoms with Gasteiger partial charge < -0.3 is 14.6 Å². The summed E-state index contributed by atoms with van der Waals surface area (Å²) in [5.74, 6) is -0.0296. The van der Waals surface area contributed by atoms with E-state index in [-0.39, 0.29) is 28.5 Å². The highest BCUT2D eigenvalue weighted by atomic mass is 32.1. The number of likely N-dealkylation sites (tertiary alicyclic amines) is 1. The molecule has 2 amide bonds. The summed E-state index contributed by atoms with van der Waals surface area (Å²) >= 11 is 1.53. The lowest BCUT2D eigenvalue weighted by Crippen LogP contribution is -2.70. The van der Waals surface area contributed by atoms with Gasteiger partial charge >= 0.3 is 0 Å². The van der Waals surface area contributed by atoms with Gasteiger partial charge in [-0.2, -0.15) is 0 Å². The van der Waals surface area contributed by atoms with Crippen LogP contribution in [0.1, 0.15) is 65.5 Å². The second kappa shape index (κ2) is 5.71. The Morgan fingerprint density at radius 1 is 1.23 bits per heavy atom. The molecule has 1 N–H and O–H groups in total. The van der Waals surface area contributed by atoms with Gasteiger partial charge in [-0.3, -0.25) is 9.59 Å². The van der Waals surface area contributed by atoms with Crippen molar-refractivity contribution in [2.24, 2.45) is 5.41 Å². The Morgan fingerprint density at radius 3 is 2.62 bits per heavy atom. The first kappa shape index (κ1) is 17.3. The van der Waals surface area contributed by atoms with E-state index in [1.165, 1.54) is 22.5 Å². The molecule has 1 fully saturated rings. The summed E-state index contributed by atoms with van der Waals surface area (Å²) in [5.41, 5.74) is 1.68. The SMILES string of the molecule is CC1(C)CN(C(=O)c2c(NC(=O)c3ccco3)sc3c2CCC3)C1(C)C. The number of nitrogens with zero attached hydrogens (tertiary/aromatic N) is 1. The van der Waals surface area contributed by atoms with Crippen LogP contribution in [0, 0.1) is 5.41 Å². The van der Waals surface area contributed by atoms with E-state index in [0.717, 1.165) is 31.4 Å². The molecule has 2 aromatic rings. The first-order valence-corrected chi connectivity index (χ1v) is 9.85. The number of fused-ring (bicyclic) bond motifs is 1. The van der Waals surface area contributed by atoms with Gasteiger partial charge in [-0.1, -0.05) is 13.8 Å². The number of amides is 2. The average Bonchev–Trinajstić information content (AvgIpc) is 3.28. The highest BCUT2D eigenvalue weighted by Crippen LogP contribution is 2.49. The lowest BCUT2D eigenvalue weighted by molar-refractivity contribution is -0.0881. The fourth-order valence-corrected chi connectivity index (χ4v) is 5.09. The van der Waals surface area contributed by atoms with Crippen LogP contribution in [0.2, 0.25) is 0 Å². The number of aryl methyl sites for hydroxylation is 1. The van der Waals surface area contributed by atoms with Gasteiger partial charge in [0, 0.05) is 22.4 Å². The molecule has 3 heterocycles. The normalized spacial score (nSPS) is 19.8. The van der Waals surface area contributed by atoms with E-state index < -0.39 is 0 Å². The summed E-state index contributed by atoms with van der Waals surface area (Å²) in [6.45, 7) is 9.34. The molecular formula is C20H24N2O3S. The summed E-state index contributed by atoms with van der Waals surface area (Å²) in [7, 11) is 0. The van der Waals surface area contributed by atoms with Gasteiger partial charge in [-0.15, -0.1) is 11.3 Å². The van der Waals surface area contributed by atoms with Gasteiger partial charge in [0.1, 0.15) is 5.00 Å². The molecule has 1 aliphatic carbocycles. The van der Waals surface area contributed by atoms with Crippen molar-refractivity contribution in [2.45, 2.75) is 52.5 Å². The van der Waals surface area contributed by atoms with E-state index in [9.17, 15) is 9.59 Å². The van der Waals surface area contributed by atoms with Crippen molar-refractivity contribution in [3.8, 4) is 0 Å². The van der Waals surface area contributed by atoms with Crippen LogP contribution in [-0.2, 0) is 12.8 Å². The molecule has 0 aromatic carbocycles. The van der Waals surface area contributed by atoms with E-state index in [4.69, 9.17) is 4.42 Å². The minimum Gasteiger partial charge on any atom is -0.459 e. The number of hydrogen-bond acceptors (Lipinski definition) is 4. The summed E-state index contributed by atoms with van der Waals surface area (Å²) in [6, 6.07) is 3.30. The molecule has 2 aromatic heterocycles. The molecule has 0 bridgehead atoms. The van der Waals surface area contributed by atoms with Crippen molar-refractivity contribution >= 4 is 28.2 Å². The highest BCUT2D eigenvalue weighted by Gasteiger charge is 2.55. The smallest absolute Gasteiger partial charge is 0.291 e. The molecule has 5 nitrogen and oxygen atoms in total. The predicted octanol–water partition coefficient (Wildman–Crippen LogP) is 4.34. The molecule has 1 aliphatic heterocycles. The Hall–Kier alpha value is -2.08. The average molecular weight is 372 g/mol. The van der Waals surface area contributed by atoms with Crippen LogP contribution in [0.25, 0.3) is 0 Å². The number of hydrogen-bond donors (Lipinski definition) is 1. The fraction of sp³-hybridized carbons (Fsp3) is 0.500. The van der Waals surface area contributed by atoms with Gasteiger partial charge in [0.25, 0.3) is 11.8 Å². The molecule has 0 saturated carbocycles. The van der Waals surface area contributed by atoms with Crippen LogP contribution in [0.5, 0.6) is 0 Å². The van der Waals surface area contributed by atoms with Gasteiger partial charge in [0.05, 0.1) is 11.8 Å². The lowest BCUT2D eigenvalue weighted by Gasteiger charge is -2.61. The number of thiophene rings is 1. The van der Waals surface area contributed by atoms with E-state index in [1.54, 1.807) is 12.1 Å². The third-order valence-electron chi connectivity index (χ3n) is 6.24. The maximum atomic E-state index is 13.4. The molecule has 1 saturated heterocycles. The third kappa shape index (κ3) is 2.42. The fourth-order valence-electron chi connectivity index (χ4n) is 3.81. The second-order valence-corrected chi connectivity index (χ2v) is 9.43. The number of carbonyl (C=O) groups excluding carboxylic acids is 2. The van der Waals surface area contributed by atoms with Crippen LogP contribution >= 0.6 is 11.3 Å². The van der Waals surface area contributed by atoms with Crippen molar-refractivity contribution in [3.05, 3.63) is 40.2 Å². The zero-order valence-corrected chi connectivity index (χ0v) is 16.5. The quantitative estimate of drug-likeness (QED) is 0.872. The van der Waals surface area contributed by atoms with Gasteiger partial charge in [0.2, 0.25) is 0 Å². The Morgan fingerprint density at radius 2 is 2.00 bits per heavy atom. The third-order valence-corrected chi connectivity index (χ3v) is 7.44. The molecule has 2 aliphatic rings. The monoisotopic (exact) mass is 372 g/mol. The van der Waals surface area contributed by atoms with E-state index in [1.807, 2.05) is 4.90 Å². The van der Waals surface area contributed by atoms with Crippen LogP contribution in [0.4, 0.5) is 5.00 Å². The zero-order chi connectivity index (χ0) is 18.7. The first-order chi connectivity index (χ1) is 12.2. The molecule has 0 spiro atoms. The zero-order valence-electron chi connectivity index (χ0n) is 15.6. The summed E-state index contributed by atoms with van der Waals surface area (Å²) in [6.07, 6.45) is 4.43. The van der Waals surface area contributed by atoms with E-state index in [0.29, 0.717) is 10.6 Å². The maximum Gasteiger partial charge on any atom is 0.291 e. The van der Waals surface area contributed by atoms with Crippen molar-refractivity contribution in [2.75, 3.05) is 11.9 Å². The first-order valence-electron chi connectivity index (χ1n) is 9.04. The molecule has 6 heteroatoms. The number of furan rings is 1. The standard InChI is InChI=1S/C20H24N2O3S/c1-19(2)11-22(20(19,3)4)18(24)15-12-7-5-9-14(12)26-17(15)21-16(23)13-8-6-10-25-13/h6,8,10H,5,7,9,11H2,1-4H3,(H,21,23). The molecule has 0 radical (unpaired) electrons. The van der Waals surface area contributed by atoms with Gasteiger partial charge in [0.15, 0.2) is 5.76 Å². The Kier molecular flexibility index (Phi) is 3.81. The number of anilines is 1. The summed E-state index contributed by atoms with van der Waals surface area (Å²) in [4.78, 5) is 29.0.